The van der Waals surface area contributed by atoms with Crippen LogP contribution in [0.2, 0.25) is 0 Å². The highest BCUT2D eigenvalue weighted by Crippen LogP contribution is 2.38. The van der Waals surface area contributed by atoms with Gasteiger partial charge in [-0.1, -0.05) is 133 Å². The van der Waals surface area contributed by atoms with Crippen molar-refractivity contribution in [3.05, 3.63) is 179 Å². The zero-order valence-corrected chi connectivity index (χ0v) is 30.0. The number of benzene rings is 6. The molecule has 49 heavy (non-hydrogen) atoms. The summed E-state index contributed by atoms with van der Waals surface area (Å²) in [5, 5.41) is 0. The largest absolute Gasteiger partial charge is 0.311 e. The summed E-state index contributed by atoms with van der Waals surface area (Å²) in [7, 11) is 0. The van der Waals surface area contributed by atoms with Crippen molar-refractivity contribution in [1.82, 2.24) is 0 Å². The number of aryl methyl sites for hydroxylation is 1. The van der Waals surface area contributed by atoms with Crippen molar-refractivity contribution in [3.8, 4) is 0 Å². The molecule has 0 spiro atoms. The second-order valence-corrected chi connectivity index (χ2v) is 15.0. The second-order valence-electron chi connectivity index (χ2n) is 15.0. The van der Waals surface area contributed by atoms with Crippen LogP contribution in [0.1, 0.15) is 69.4 Å². The summed E-state index contributed by atoms with van der Waals surface area (Å²) < 4.78 is 0. The maximum absolute atomic E-state index is 2.35. The molecule has 0 heterocycles. The van der Waals surface area contributed by atoms with Gasteiger partial charge in [0.25, 0.3) is 0 Å². The Labute approximate surface area is 294 Å². The third-order valence-electron chi connectivity index (χ3n) is 9.03. The highest BCUT2D eigenvalue weighted by molar-refractivity contribution is 5.80. The van der Waals surface area contributed by atoms with Crippen molar-refractivity contribution in [2.75, 3.05) is 9.80 Å². The van der Waals surface area contributed by atoms with Crippen molar-refractivity contribution < 1.29 is 0 Å². The average Bonchev–Trinajstić information content (AvgIpc) is 3.09. The Hall–Kier alpha value is -5.34. The molecule has 0 aliphatic carbocycles. The molecule has 2 nitrogen and oxygen atoms in total. The normalized spacial score (nSPS) is 11.9. The fourth-order valence-corrected chi connectivity index (χ4v) is 6.12. The topological polar surface area (TPSA) is 6.48 Å². The van der Waals surface area contributed by atoms with Gasteiger partial charge in [0, 0.05) is 34.1 Å². The van der Waals surface area contributed by atoms with E-state index in [2.05, 4.69) is 222 Å². The molecule has 0 saturated heterocycles. The molecule has 0 bridgehead atoms. The molecule has 0 unspecified atom stereocenters. The maximum atomic E-state index is 2.35. The van der Waals surface area contributed by atoms with Crippen LogP contribution in [0, 0.1) is 6.92 Å². The number of hydrogen-bond donors (Lipinski definition) is 0. The van der Waals surface area contributed by atoms with Gasteiger partial charge in [-0.3, -0.25) is 0 Å². The maximum Gasteiger partial charge on any atom is 0.0464 e. The molecule has 0 radical (unpaired) electrons. The fourth-order valence-electron chi connectivity index (χ4n) is 6.12. The summed E-state index contributed by atoms with van der Waals surface area (Å²) in [6.45, 7) is 15.7. The Morgan fingerprint density at radius 3 is 1.10 bits per heavy atom. The summed E-state index contributed by atoms with van der Waals surface area (Å²) in [6.07, 6.45) is 4.38. The van der Waals surface area contributed by atoms with Gasteiger partial charge in [-0.05, 0) is 118 Å². The Morgan fingerprint density at radius 1 is 0.367 bits per heavy atom. The van der Waals surface area contributed by atoms with Crippen LogP contribution >= 0.6 is 0 Å². The lowest BCUT2D eigenvalue weighted by molar-refractivity contribution is 0.590. The van der Waals surface area contributed by atoms with Crippen molar-refractivity contribution in [1.29, 1.82) is 0 Å². The Bertz CT molecular complexity index is 1930. The van der Waals surface area contributed by atoms with Crippen LogP contribution in [-0.2, 0) is 10.8 Å². The SMILES string of the molecule is Cc1cccc(N(c2ccccc2)c2ccc(C=Cc3ccc(N(c4ccc(C(C)(C)C)cc4)c4ccc(C(C)(C)C)cc4)cc3)cc2)c1. The third kappa shape index (κ3) is 8.04. The molecule has 246 valence electrons. The van der Waals surface area contributed by atoms with E-state index in [1.807, 2.05) is 0 Å². The van der Waals surface area contributed by atoms with Crippen LogP contribution in [0.4, 0.5) is 34.1 Å². The van der Waals surface area contributed by atoms with E-state index in [0.29, 0.717) is 0 Å². The molecule has 0 amide bonds. The lowest BCUT2D eigenvalue weighted by Gasteiger charge is -2.28. The summed E-state index contributed by atoms with van der Waals surface area (Å²) in [5.74, 6) is 0. The van der Waals surface area contributed by atoms with E-state index in [4.69, 9.17) is 0 Å². The van der Waals surface area contributed by atoms with E-state index in [9.17, 15) is 0 Å². The number of para-hydroxylation sites is 1. The van der Waals surface area contributed by atoms with Gasteiger partial charge in [0.1, 0.15) is 0 Å². The minimum Gasteiger partial charge on any atom is -0.311 e. The molecule has 0 aliphatic heterocycles. The van der Waals surface area contributed by atoms with Crippen LogP contribution < -0.4 is 9.80 Å². The smallest absolute Gasteiger partial charge is 0.0464 e. The van der Waals surface area contributed by atoms with E-state index in [0.717, 1.165) is 45.3 Å². The molecule has 0 atom stereocenters. The Morgan fingerprint density at radius 2 is 0.714 bits per heavy atom. The number of rotatable bonds is 8. The number of nitrogens with zero attached hydrogens (tertiary/aromatic N) is 2. The van der Waals surface area contributed by atoms with E-state index in [-0.39, 0.29) is 10.8 Å². The summed E-state index contributed by atoms with van der Waals surface area (Å²) >= 11 is 0. The Kier molecular flexibility index (Phi) is 9.60. The van der Waals surface area contributed by atoms with Gasteiger partial charge in [-0.2, -0.15) is 0 Å². The van der Waals surface area contributed by atoms with Crippen molar-refractivity contribution in [2.24, 2.45) is 0 Å². The molecular formula is C47H48N2. The minimum atomic E-state index is 0.105. The first-order chi connectivity index (χ1) is 23.5. The van der Waals surface area contributed by atoms with Crippen LogP contribution in [0.25, 0.3) is 12.2 Å². The summed E-state index contributed by atoms with van der Waals surface area (Å²) in [5.41, 5.74) is 13.3. The quantitative estimate of drug-likeness (QED) is 0.153. The second kappa shape index (κ2) is 14.0. The van der Waals surface area contributed by atoms with Gasteiger partial charge in [0.15, 0.2) is 0 Å². The molecule has 6 aromatic rings. The first kappa shape index (κ1) is 33.6. The van der Waals surface area contributed by atoms with E-state index < -0.39 is 0 Å². The number of anilines is 6. The summed E-state index contributed by atoms with van der Waals surface area (Å²) in [4.78, 5) is 4.65. The molecule has 0 aliphatic rings. The van der Waals surface area contributed by atoms with Crippen molar-refractivity contribution >= 4 is 46.3 Å². The molecule has 0 aromatic heterocycles. The first-order valence-corrected chi connectivity index (χ1v) is 17.3. The number of hydrogen-bond acceptors (Lipinski definition) is 2. The monoisotopic (exact) mass is 640 g/mol. The van der Waals surface area contributed by atoms with Crippen LogP contribution in [0.5, 0.6) is 0 Å². The minimum absolute atomic E-state index is 0.105. The molecular weight excluding hydrogens is 593 g/mol. The molecule has 0 fully saturated rings. The summed E-state index contributed by atoms with van der Waals surface area (Å²) in [6, 6.07) is 54.8. The van der Waals surface area contributed by atoms with Gasteiger partial charge in [0.2, 0.25) is 0 Å². The molecule has 6 rings (SSSR count). The molecule has 2 heteroatoms. The lowest BCUT2D eigenvalue weighted by Crippen LogP contribution is -2.14. The standard InChI is InChI=1S/C47H48N2/c1-35-12-11-15-45(34-35)49(40-13-9-8-10-14-40)42-28-20-37(21-29-42)17-16-36-18-26-41(27-19-36)48(43-30-22-38(23-31-43)46(2,3)4)44-32-24-39(25-33-44)47(5,6)7/h8-34H,1-7H3. The van der Waals surface area contributed by atoms with Gasteiger partial charge >= 0.3 is 0 Å². The molecule has 0 N–H and O–H groups in total. The highest BCUT2D eigenvalue weighted by atomic mass is 15.1. The fraction of sp³-hybridized carbons (Fsp3) is 0.191. The van der Waals surface area contributed by atoms with E-state index >= 15 is 0 Å². The lowest BCUT2D eigenvalue weighted by atomic mass is 9.86. The van der Waals surface area contributed by atoms with Crippen molar-refractivity contribution in [2.45, 2.75) is 59.3 Å². The average molecular weight is 641 g/mol. The molecule has 6 aromatic carbocycles. The van der Waals surface area contributed by atoms with Crippen molar-refractivity contribution in [3.63, 3.8) is 0 Å². The van der Waals surface area contributed by atoms with Gasteiger partial charge in [0.05, 0.1) is 0 Å². The zero-order valence-electron chi connectivity index (χ0n) is 30.0. The third-order valence-corrected chi connectivity index (χ3v) is 9.03. The Balaban J connectivity index is 1.25. The zero-order chi connectivity index (χ0) is 34.6. The predicted molar refractivity (Wildman–Crippen MR) is 213 cm³/mol. The van der Waals surface area contributed by atoms with Gasteiger partial charge in [-0.15, -0.1) is 0 Å². The van der Waals surface area contributed by atoms with E-state index in [1.165, 1.54) is 16.7 Å². The molecule has 0 saturated carbocycles. The van der Waals surface area contributed by atoms with Gasteiger partial charge < -0.3 is 9.80 Å². The van der Waals surface area contributed by atoms with Crippen LogP contribution in [0.15, 0.2) is 152 Å². The predicted octanol–water partition coefficient (Wildman–Crippen LogP) is 13.7. The highest BCUT2D eigenvalue weighted by Gasteiger charge is 2.18. The first-order valence-electron chi connectivity index (χ1n) is 17.3. The van der Waals surface area contributed by atoms with Crippen LogP contribution in [0.3, 0.4) is 0 Å². The van der Waals surface area contributed by atoms with Crippen LogP contribution in [-0.4, -0.2) is 0 Å². The van der Waals surface area contributed by atoms with Gasteiger partial charge in [-0.25, -0.2) is 0 Å². The van der Waals surface area contributed by atoms with E-state index in [1.54, 1.807) is 0 Å².